The van der Waals surface area contributed by atoms with Crippen molar-refractivity contribution in [2.45, 2.75) is 25.6 Å². The van der Waals surface area contributed by atoms with E-state index in [0.717, 1.165) is 18.8 Å². The third kappa shape index (κ3) is 2.19. The fourth-order valence-corrected chi connectivity index (χ4v) is 2.24. The summed E-state index contributed by atoms with van der Waals surface area (Å²) in [6.07, 6.45) is 0.611. The van der Waals surface area contributed by atoms with Crippen LogP contribution in [-0.4, -0.2) is 34.4 Å². The fourth-order valence-electron chi connectivity index (χ4n) is 2.24. The summed E-state index contributed by atoms with van der Waals surface area (Å²) in [5, 5.41) is 18.2. The molecular weight excluding hydrogens is 204 g/mol. The molecule has 1 heterocycles. The maximum atomic E-state index is 9.27. The first-order chi connectivity index (χ1) is 7.74. The molecule has 1 aliphatic heterocycles. The van der Waals surface area contributed by atoms with Crippen LogP contribution in [0.25, 0.3) is 0 Å². The van der Waals surface area contributed by atoms with Gasteiger partial charge in [0, 0.05) is 31.4 Å². The zero-order valence-electron chi connectivity index (χ0n) is 9.26. The Balaban J connectivity index is 2.09. The van der Waals surface area contributed by atoms with Crippen LogP contribution >= 0.6 is 0 Å². The second-order valence-electron chi connectivity index (χ2n) is 4.28. The standard InChI is InChI=1S/C12H18N2O2/c13-11-2-1-9-6-14(7-10(9)5-11)12(8-16)3-4-15/h1-2,5,12,15-16H,3-4,6-8,13H2. The zero-order valence-corrected chi connectivity index (χ0v) is 9.26. The molecule has 1 unspecified atom stereocenters. The number of aliphatic hydroxyl groups is 2. The molecule has 0 aliphatic carbocycles. The average Bonchev–Trinajstić information content (AvgIpc) is 2.68. The first-order valence-electron chi connectivity index (χ1n) is 5.57. The largest absolute Gasteiger partial charge is 0.399 e. The highest BCUT2D eigenvalue weighted by molar-refractivity contribution is 5.46. The van der Waals surface area contributed by atoms with Crippen LogP contribution in [0.2, 0.25) is 0 Å². The van der Waals surface area contributed by atoms with E-state index in [1.165, 1.54) is 11.1 Å². The van der Waals surface area contributed by atoms with Crippen molar-refractivity contribution in [3.63, 3.8) is 0 Å². The zero-order chi connectivity index (χ0) is 11.5. The van der Waals surface area contributed by atoms with Crippen LogP contribution in [-0.2, 0) is 13.1 Å². The molecule has 2 rings (SSSR count). The van der Waals surface area contributed by atoms with Crippen molar-refractivity contribution in [3.8, 4) is 0 Å². The Kier molecular flexibility index (Phi) is 3.43. The van der Waals surface area contributed by atoms with Crippen molar-refractivity contribution >= 4 is 5.69 Å². The number of nitrogens with two attached hydrogens (primary N) is 1. The van der Waals surface area contributed by atoms with Gasteiger partial charge in [-0.3, -0.25) is 4.90 Å². The molecule has 1 atom stereocenters. The van der Waals surface area contributed by atoms with Gasteiger partial charge in [0.25, 0.3) is 0 Å². The molecule has 1 aromatic carbocycles. The van der Waals surface area contributed by atoms with Crippen LogP contribution in [0, 0.1) is 0 Å². The Hall–Kier alpha value is -1.10. The lowest BCUT2D eigenvalue weighted by Crippen LogP contribution is -2.34. The predicted octanol–water partition coefficient (Wildman–Crippen LogP) is 0.328. The van der Waals surface area contributed by atoms with Crippen molar-refractivity contribution < 1.29 is 10.2 Å². The number of rotatable bonds is 4. The Morgan fingerprint density at radius 3 is 2.69 bits per heavy atom. The summed E-state index contributed by atoms with van der Waals surface area (Å²) in [6, 6.07) is 5.97. The van der Waals surface area contributed by atoms with Crippen molar-refractivity contribution in [1.82, 2.24) is 4.90 Å². The van der Waals surface area contributed by atoms with Gasteiger partial charge < -0.3 is 15.9 Å². The smallest absolute Gasteiger partial charge is 0.0587 e. The normalized spacial score (nSPS) is 17.4. The molecule has 1 aromatic rings. The van der Waals surface area contributed by atoms with Crippen LogP contribution < -0.4 is 5.73 Å². The molecule has 0 radical (unpaired) electrons. The van der Waals surface area contributed by atoms with Gasteiger partial charge in [-0.2, -0.15) is 0 Å². The minimum Gasteiger partial charge on any atom is -0.399 e. The van der Waals surface area contributed by atoms with Gasteiger partial charge in [-0.1, -0.05) is 6.07 Å². The van der Waals surface area contributed by atoms with Crippen molar-refractivity contribution in [2.24, 2.45) is 0 Å². The summed E-state index contributed by atoms with van der Waals surface area (Å²) in [5.74, 6) is 0. The van der Waals surface area contributed by atoms with E-state index in [4.69, 9.17) is 10.8 Å². The maximum Gasteiger partial charge on any atom is 0.0587 e. The minimum atomic E-state index is 0.0404. The molecule has 16 heavy (non-hydrogen) atoms. The number of benzene rings is 1. The topological polar surface area (TPSA) is 69.7 Å². The Labute approximate surface area is 95.3 Å². The highest BCUT2D eigenvalue weighted by atomic mass is 16.3. The van der Waals surface area contributed by atoms with E-state index < -0.39 is 0 Å². The maximum absolute atomic E-state index is 9.27. The lowest BCUT2D eigenvalue weighted by molar-refractivity contribution is 0.0979. The molecule has 0 spiro atoms. The van der Waals surface area contributed by atoms with Gasteiger partial charge in [0.2, 0.25) is 0 Å². The number of fused-ring (bicyclic) bond motifs is 1. The molecule has 0 amide bonds. The number of nitrogens with zero attached hydrogens (tertiary/aromatic N) is 1. The highest BCUT2D eigenvalue weighted by Gasteiger charge is 2.24. The van der Waals surface area contributed by atoms with Crippen molar-refractivity contribution in [3.05, 3.63) is 29.3 Å². The molecule has 4 nitrogen and oxygen atoms in total. The third-order valence-corrected chi connectivity index (χ3v) is 3.17. The number of nitrogen functional groups attached to an aromatic ring is 1. The summed E-state index contributed by atoms with van der Waals surface area (Å²) >= 11 is 0. The van der Waals surface area contributed by atoms with Gasteiger partial charge in [0.15, 0.2) is 0 Å². The molecule has 0 bridgehead atoms. The second-order valence-corrected chi connectivity index (χ2v) is 4.28. The van der Waals surface area contributed by atoms with Crippen LogP contribution in [0.3, 0.4) is 0 Å². The molecule has 1 aliphatic rings. The van der Waals surface area contributed by atoms with Crippen molar-refractivity contribution in [1.29, 1.82) is 0 Å². The number of anilines is 1. The summed E-state index contributed by atoms with van der Waals surface area (Å²) < 4.78 is 0. The number of hydrogen-bond acceptors (Lipinski definition) is 4. The average molecular weight is 222 g/mol. The molecule has 0 aromatic heterocycles. The van der Waals surface area contributed by atoms with E-state index in [0.29, 0.717) is 6.42 Å². The van der Waals surface area contributed by atoms with Gasteiger partial charge in [-0.05, 0) is 29.7 Å². The van der Waals surface area contributed by atoms with Crippen LogP contribution in [0.4, 0.5) is 5.69 Å². The number of hydrogen-bond donors (Lipinski definition) is 3. The van der Waals surface area contributed by atoms with E-state index in [-0.39, 0.29) is 19.3 Å². The predicted molar refractivity (Wildman–Crippen MR) is 62.7 cm³/mol. The van der Waals surface area contributed by atoms with E-state index >= 15 is 0 Å². The number of aliphatic hydroxyl groups excluding tert-OH is 2. The first kappa shape index (κ1) is 11.4. The minimum absolute atomic E-state index is 0.0404. The van der Waals surface area contributed by atoms with Crippen LogP contribution in [0.1, 0.15) is 17.5 Å². The third-order valence-electron chi connectivity index (χ3n) is 3.17. The van der Waals surface area contributed by atoms with E-state index in [1.807, 2.05) is 18.2 Å². The molecule has 0 saturated carbocycles. The lowest BCUT2D eigenvalue weighted by Gasteiger charge is -2.24. The molecule has 4 N–H and O–H groups in total. The second kappa shape index (κ2) is 4.82. The molecule has 88 valence electrons. The highest BCUT2D eigenvalue weighted by Crippen LogP contribution is 2.26. The van der Waals surface area contributed by atoms with Gasteiger partial charge in [-0.25, -0.2) is 0 Å². The quantitative estimate of drug-likeness (QED) is 0.642. The summed E-state index contributed by atoms with van der Waals surface area (Å²) in [6.45, 7) is 1.84. The Morgan fingerprint density at radius 1 is 1.25 bits per heavy atom. The lowest BCUT2D eigenvalue weighted by atomic mass is 10.1. The van der Waals surface area contributed by atoms with Crippen LogP contribution in [0.15, 0.2) is 18.2 Å². The fraction of sp³-hybridized carbons (Fsp3) is 0.500. The molecular formula is C12H18N2O2. The first-order valence-corrected chi connectivity index (χ1v) is 5.57. The van der Waals surface area contributed by atoms with E-state index in [9.17, 15) is 5.11 Å². The van der Waals surface area contributed by atoms with Crippen molar-refractivity contribution in [2.75, 3.05) is 18.9 Å². The molecule has 0 saturated heterocycles. The molecule has 0 fully saturated rings. The van der Waals surface area contributed by atoms with Gasteiger partial charge >= 0.3 is 0 Å². The van der Waals surface area contributed by atoms with E-state index in [1.54, 1.807) is 0 Å². The summed E-state index contributed by atoms with van der Waals surface area (Å²) in [4.78, 5) is 2.18. The van der Waals surface area contributed by atoms with Gasteiger partial charge in [-0.15, -0.1) is 0 Å². The van der Waals surface area contributed by atoms with E-state index in [2.05, 4.69) is 4.90 Å². The Morgan fingerprint density at radius 2 is 2.00 bits per heavy atom. The van der Waals surface area contributed by atoms with Gasteiger partial charge in [0.1, 0.15) is 0 Å². The summed E-state index contributed by atoms with van der Waals surface area (Å²) in [7, 11) is 0. The monoisotopic (exact) mass is 222 g/mol. The molecule has 4 heteroatoms. The Bertz CT molecular complexity index is 368. The van der Waals surface area contributed by atoms with Gasteiger partial charge in [0.05, 0.1) is 6.61 Å². The van der Waals surface area contributed by atoms with Crippen LogP contribution in [0.5, 0.6) is 0 Å². The summed E-state index contributed by atoms with van der Waals surface area (Å²) in [5.41, 5.74) is 9.02. The SMILES string of the molecule is Nc1ccc2c(c1)CN(C(CO)CCO)C2.